The summed E-state index contributed by atoms with van der Waals surface area (Å²) in [6.07, 6.45) is 26.6. The van der Waals surface area contributed by atoms with Crippen LogP contribution < -0.4 is 0 Å². The Labute approximate surface area is 257 Å². The van der Waals surface area contributed by atoms with Crippen LogP contribution in [0.4, 0.5) is 0 Å². The Morgan fingerprint density at radius 2 is 0.927 bits per heavy atom. The predicted octanol–water partition coefficient (Wildman–Crippen LogP) is 8.58. The van der Waals surface area contributed by atoms with E-state index in [4.69, 9.17) is 0 Å². The first kappa shape index (κ1) is 40.8. The molecule has 0 aliphatic heterocycles. The molecule has 0 aromatic rings. The number of aliphatic hydroxyl groups excluding tert-OH is 3. The van der Waals surface area contributed by atoms with E-state index in [0.29, 0.717) is 19.0 Å². The van der Waals surface area contributed by atoms with Gasteiger partial charge in [0.2, 0.25) is 0 Å². The Hall–Kier alpha value is -0.200. The van der Waals surface area contributed by atoms with Crippen LogP contribution in [0.2, 0.25) is 0 Å². The molecule has 0 fully saturated rings. The average Bonchev–Trinajstić information content (AvgIpc) is 2.95. The number of nitrogens with zero attached hydrogens (tertiary/aromatic N) is 2. The lowest BCUT2D eigenvalue weighted by molar-refractivity contribution is 0.0565. The third-order valence-corrected chi connectivity index (χ3v) is 8.98. The molecule has 0 aromatic heterocycles. The molecule has 0 aromatic carbocycles. The predicted molar refractivity (Wildman–Crippen MR) is 180 cm³/mol. The van der Waals surface area contributed by atoms with E-state index in [9.17, 15) is 15.3 Å². The second kappa shape index (κ2) is 29.9. The minimum absolute atomic E-state index is 0.273. The number of rotatable bonds is 32. The molecule has 0 bridgehead atoms. The highest BCUT2D eigenvalue weighted by molar-refractivity contribution is 4.72. The molecular weight excluding hydrogens is 508 g/mol. The van der Waals surface area contributed by atoms with Crippen molar-refractivity contribution in [2.45, 2.75) is 187 Å². The number of likely N-dealkylation sites (N-methyl/N-ethyl adjacent to an activating group) is 1. The van der Waals surface area contributed by atoms with Crippen molar-refractivity contribution in [1.29, 1.82) is 0 Å². The molecule has 0 aliphatic rings. The van der Waals surface area contributed by atoms with Crippen LogP contribution in [0.1, 0.15) is 169 Å². The second-order valence-corrected chi connectivity index (χ2v) is 13.4. The molecule has 0 saturated carbocycles. The van der Waals surface area contributed by atoms with E-state index in [-0.39, 0.29) is 18.3 Å². The third-order valence-electron chi connectivity index (χ3n) is 8.98. The molecule has 3 N–H and O–H groups in total. The minimum atomic E-state index is -0.337. The lowest BCUT2D eigenvalue weighted by atomic mass is 9.96. The van der Waals surface area contributed by atoms with Crippen molar-refractivity contribution >= 4 is 0 Å². The Morgan fingerprint density at radius 3 is 1.41 bits per heavy atom. The van der Waals surface area contributed by atoms with Crippen molar-refractivity contribution in [3.8, 4) is 0 Å². The zero-order valence-corrected chi connectivity index (χ0v) is 28.6. The molecule has 5 heteroatoms. The molecule has 0 heterocycles. The summed E-state index contributed by atoms with van der Waals surface area (Å²) in [4.78, 5) is 4.51. The molecule has 0 radical (unpaired) electrons. The summed E-state index contributed by atoms with van der Waals surface area (Å²) in [5.41, 5.74) is 0. The molecule has 4 atom stereocenters. The van der Waals surface area contributed by atoms with Crippen LogP contribution in [0.5, 0.6) is 0 Å². The molecule has 0 saturated heterocycles. The highest BCUT2D eigenvalue weighted by Gasteiger charge is 2.18. The number of hydrogen-bond acceptors (Lipinski definition) is 5. The van der Waals surface area contributed by atoms with Crippen molar-refractivity contribution in [3.05, 3.63) is 0 Å². The first-order chi connectivity index (χ1) is 19.8. The summed E-state index contributed by atoms with van der Waals surface area (Å²) < 4.78 is 0. The summed E-state index contributed by atoms with van der Waals surface area (Å²) in [6.45, 7) is 12.6. The summed E-state index contributed by atoms with van der Waals surface area (Å²) in [7, 11) is 2.11. The van der Waals surface area contributed by atoms with Gasteiger partial charge >= 0.3 is 0 Å². The molecule has 4 unspecified atom stereocenters. The molecule has 0 rings (SSSR count). The Balaban J connectivity index is 4.12. The summed E-state index contributed by atoms with van der Waals surface area (Å²) in [6, 6.07) is 0. The maximum Gasteiger partial charge on any atom is 0.0692 e. The maximum atomic E-state index is 10.7. The van der Waals surface area contributed by atoms with Crippen LogP contribution in [0, 0.1) is 5.92 Å². The number of hydrogen-bond donors (Lipinski definition) is 3. The van der Waals surface area contributed by atoms with Crippen LogP contribution >= 0.6 is 0 Å². The minimum Gasteiger partial charge on any atom is -0.392 e. The van der Waals surface area contributed by atoms with Crippen LogP contribution in [-0.4, -0.2) is 83.2 Å². The number of aliphatic hydroxyl groups is 3. The van der Waals surface area contributed by atoms with E-state index >= 15 is 0 Å². The number of unbranched alkanes of at least 4 members (excludes halogenated alkanes) is 16. The smallest absolute Gasteiger partial charge is 0.0692 e. The van der Waals surface area contributed by atoms with Crippen molar-refractivity contribution < 1.29 is 15.3 Å². The first-order valence-corrected chi connectivity index (χ1v) is 18.3. The second-order valence-electron chi connectivity index (χ2n) is 13.4. The van der Waals surface area contributed by atoms with E-state index in [1.54, 1.807) is 0 Å². The lowest BCUT2D eigenvalue weighted by Crippen LogP contribution is -2.40. The van der Waals surface area contributed by atoms with Crippen molar-refractivity contribution in [2.75, 3.05) is 39.8 Å². The average molecular weight is 585 g/mol. The van der Waals surface area contributed by atoms with Crippen molar-refractivity contribution in [3.63, 3.8) is 0 Å². The van der Waals surface area contributed by atoms with Gasteiger partial charge < -0.3 is 20.2 Å². The molecular formula is C36H76N2O3. The van der Waals surface area contributed by atoms with Gasteiger partial charge in [0, 0.05) is 19.6 Å². The van der Waals surface area contributed by atoms with Gasteiger partial charge in [0.25, 0.3) is 0 Å². The summed E-state index contributed by atoms with van der Waals surface area (Å²) >= 11 is 0. The summed E-state index contributed by atoms with van der Waals surface area (Å²) in [5.74, 6) is 0.342. The first-order valence-electron chi connectivity index (χ1n) is 18.3. The fraction of sp³-hybridized carbons (Fsp3) is 1.00. The van der Waals surface area contributed by atoms with Gasteiger partial charge in [-0.05, 0) is 51.7 Å². The van der Waals surface area contributed by atoms with Gasteiger partial charge in [-0.15, -0.1) is 0 Å². The molecule has 248 valence electrons. The van der Waals surface area contributed by atoms with Crippen LogP contribution in [0.3, 0.4) is 0 Å². The lowest BCUT2D eigenvalue weighted by Gasteiger charge is -2.29. The molecule has 5 nitrogen and oxygen atoms in total. The molecule has 0 aliphatic carbocycles. The monoisotopic (exact) mass is 585 g/mol. The van der Waals surface area contributed by atoms with E-state index in [2.05, 4.69) is 37.6 Å². The third kappa shape index (κ3) is 27.1. The zero-order valence-electron chi connectivity index (χ0n) is 28.6. The fourth-order valence-electron chi connectivity index (χ4n) is 5.89. The Kier molecular flexibility index (Phi) is 29.7. The van der Waals surface area contributed by atoms with Gasteiger partial charge in [-0.2, -0.15) is 0 Å². The van der Waals surface area contributed by atoms with Gasteiger partial charge in [0.1, 0.15) is 0 Å². The Morgan fingerprint density at radius 1 is 0.488 bits per heavy atom. The van der Waals surface area contributed by atoms with Crippen LogP contribution in [0.15, 0.2) is 0 Å². The highest BCUT2D eigenvalue weighted by Crippen LogP contribution is 2.17. The van der Waals surface area contributed by atoms with E-state index in [0.717, 1.165) is 51.7 Å². The van der Waals surface area contributed by atoms with E-state index < -0.39 is 0 Å². The fourth-order valence-corrected chi connectivity index (χ4v) is 5.89. The standard InChI is InChI=1S/C36H76N2O3/c1-6-9-11-13-15-17-18-20-22-24-27-35(40)31-38(30-34(39)8-3)29-25-28-37(5)32-36(41)33(4)26-23-21-19-16-14-12-10-7-2/h33-36,39-41H,6-32H2,1-5H3. The van der Waals surface area contributed by atoms with Gasteiger partial charge in [0.05, 0.1) is 18.3 Å². The summed E-state index contributed by atoms with van der Waals surface area (Å²) in [5, 5.41) is 31.7. The largest absolute Gasteiger partial charge is 0.392 e. The maximum absolute atomic E-state index is 10.7. The SMILES string of the molecule is CCCCCCCCCCCCC(O)CN(CCCN(C)CC(O)C(C)CCCCCCCCCC)CC(O)CC. The van der Waals surface area contributed by atoms with E-state index in [1.807, 2.05) is 6.92 Å². The van der Waals surface area contributed by atoms with Gasteiger partial charge in [0.15, 0.2) is 0 Å². The van der Waals surface area contributed by atoms with Crippen LogP contribution in [-0.2, 0) is 0 Å². The van der Waals surface area contributed by atoms with E-state index in [1.165, 1.54) is 109 Å². The van der Waals surface area contributed by atoms with Crippen LogP contribution in [0.25, 0.3) is 0 Å². The topological polar surface area (TPSA) is 67.2 Å². The molecule has 0 spiro atoms. The van der Waals surface area contributed by atoms with Gasteiger partial charge in [-0.25, -0.2) is 0 Å². The van der Waals surface area contributed by atoms with Crippen molar-refractivity contribution in [2.24, 2.45) is 5.92 Å². The normalized spacial score (nSPS) is 15.1. The quantitative estimate of drug-likeness (QED) is 0.0691. The van der Waals surface area contributed by atoms with Crippen molar-refractivity contribution in [1.82, 2.24) is 9.80 Å². The highest BCUT2D eigenvalue weighted by atomic mass is 16.3. The molecule has 0 amide bonds. The van der Waals surface area contributed by atoms with Gasteiger partial charge in [-0.1, -0.05) is 143 Å². The van der Waals surface area contributed by atoms with Gasteiger partial charge in [-0.3, -0.25) is 4.90 Å². The zero-order chi connectivity index (χ0) is 30.6. The molecule has 41 heavy (non-hydrogen) atoms. The Bertz CT molecular complexity index is 521.